The molecule has 24 heavy (non-hydrogen) atoms. The lowest BCUT2D eigenvalue weighted by atomic mass is 9.97. The molecule has 126 valence electrons. The van der Waals surface area contributed by atoms with Crippen molar-refractivity contribution in [3.8, 4) is 5.75 Å². The van der Waals surface area contributed by atoms with Crippen LogP contribution in [-0.2, 0) is 27.3 Å². The number of benzene rings is 1. The SMILES string of the molecule is CCOC(=O)C(=O)N1CCc2c(c(=O)oc3cc(OC)ccc23)C1. The van der Waals surface area contributed by atoms with E-state index < -0.39 is 17.5 Å². The van der Waals surface area contributed by atoms with Crippen LogP contribution in [0.2, 0.25) is 0 Å². The molecule has 0 bridgehead atoms. The van der Waals surface area contributed by atoms with Crippen LogP contribution in [0, 0.1) is 0 Å². The first-order chi connectivity index (χ1) is 11.5. The van der Waals surface area contributed by atoms with Crippen LogP contribution in [0.25, 0.3) is 11.0 Å². The first kappa shape index (κ1) is 16.0. The lowest BCUT2D eigenvalue weighted by Gasteiger charge is -2.27. The Morgan fingerprint density at radius 2 is 2.08 bits per heavy atom. The molecule has 1 aromatic heterocycles. The number of esters is 1. The van der Waals surface area contributed by atoms with Gasteiger partial charge in [-0.3, -0.25) is 4.79 Å². The van der Waals surface area contributed by atoms with E-state index in [1.807, 2.05) is 6.07 Å². The van der Waals surface area contributed by atoms with E-state index in [2.05, 4.69) is 0 Å². The number of hydrogen-bond acceptors (Lipinski definition) is 6. The Labute approximate surface area is 137 Å². The molecule has 0 saturated heterocycles. The van der Waals surface area contributed by atoms with Crippen molar-refractivity contribution in [1.82, 2.24) is 4.90 Å². The van der Waals surface area contributed by atoms with Crippen molar-refractivity contribution in [2.45, 2.75) is 19.9 Å². The molecule has 0 unspecified atom stereocenters. The number of ether oxygens (including phenoxy) is 2. The molecular formula is C17H17NO6. The van der Waals surface area contributed by atoms with Crippen molar-refractivity contribution >= 4 is 22.8 Å². The van der Waals surface area contributed by atoms with E-state index in [0.29, 0.717) is 29.9 Å². The van der Waals surface area contributed by atoms with Crippen molar-refractivity contribution in [2.75, 3.05) is 20.3 Å². The number of methoxy groups -OCH3 is 1. The molecule has 1 aliphatic rings. The molecule has 3 rings (SSSR count). The molecule has 1 aliphatic heterocycles. The van der Waals surface area contributed by atoms with Gasteiger partial charge in [0.15, 0.2) is 0 Å². The number of amides is 1. The summed E-state index contributed by atoms with van der Waals surface area (Å²) in [6.07, 6.45) is 0.467. The summed E-state index contributed by atoms with van der Waals surface area (Å²) in [7, 11) is 1.54. The summed E-state index contributed by atoms with van der Waals surface area (Å²) in [5.41, 5.74) is 1.18. The van der Waals surface area contributed by atoms with E-state index in [0.717, 1.165) is 10.9 Å². The van der Waals surface area contributed by atoms with Gasteiger partial charge < -0.3 is 18.8 Å². The fourth-order valence-corrected chi connectivity index (χ4v) is 2.87. The van der Waals surface area contributed by atoms with Gasteiger partial charge in [0.05, 0.1) is 25.8 Å². The van der Waals surface area contributed by atoms with Crippen LogP contribution >= 0.6 is 0 Å². The van der Waals surface area contributed by atoms with Crippen molar-refractivity contribution in [3.63, 3.8) is 0 Å². The average molecular weight is 331 g/mol. The molecule has 0 radical (unpaired) electrons. The number of hydrogen-bond donors (Lipinski definition) is 0. The van der Waals surface area contributed by atoms with E-state index >= 15 is 0 Å². The van der Waals surface area contributed by atoms with Gasteiger partial charge in [-0.25, -0.2) is 9.59 Å². The normalized spacial score (nSPS) is 13.5. The van der Waals surface area contributed by atoms with Crippen LogP contribution in [0.1, 0.15) is 18.1 Å². The van der Waals surface area contributed by atoms with Gasteiger partial charge in [-0.1, -0.05) is 0 Å². The minimum Gasteiger partial charge on any atom is -0.497 e. The van der Waals surface area contributed by atoms with Crippen LogP contribution in [-0.4, -0.2) is 37.0 Å². The second-order valence-corrected chi connectivity index (χ2v) is 5.41. The maximum absolute atomic E-state index is 12.3. The highest BCUT2D eigenvalue weighted by Crippen LogP contribution is 2.27. The zero-order chi connectivity index (χ0) is 17.3. The highest BCUT2D eigenvalue weighted by atomic mass is 16.5. The van der Waals surface area contributed by atoms with E-state index in [-0.39, 0.29) is 13.2 Å². The minimum atomic E-state index is -0.907. The van der Waals surface area contributed by atoms with Crippen molar-refractivity contribution in [2.24, 2.45) is 0 Å². The molecule has 2 heterocycles. The van der Waals surface area contributed by atoms with Gasteiger partial charge in [0.25, 0.3) is 0 Å². The predicted octanol–water partition coefficient (Wildman–Crippen LogP) is 1.25. The molecule has 7 heteroatoms. The lowest BCUT2D eigenvalue weighted by molar-refractivity contribution is -0.160. The third kappa shape index (κ3) is 2.73. The summed E-state index contributed by atoms with van der Waals surface area (Å²) >= 11 is 0. The van der Waals surface area contributed by atoms with Crippen LogP contribution in [0.4, 0.5) is 0 Å². The van der Waals surface area contributed by atoms with Crippen molar-refractivity contribution in [1.29, 1.82) is 0 Å². The largest absolute Gasteiger partial charge is 0.497 e. The van der Waals surface area contributed by atoms with Gasteiger partial charge >= 0.3 is 17.5 Å². The smallest absolute Gasteiger partial charge is 0.397 e. The molecular weight excluding hydrogens is 314 g/mol. The minimum absolute atomic E-state index is 0.0390. The Kier molecular flexibility index (Phi) is 4.24. The maximum atomic E-state index is 12.3. The first-order valence-electron chi connectivity index (χ1n) is 7.63. The van der Waals surface area contributed by atoms with Crippen LogP contribution in [0.5, 0.6) is 5.75 Å². The zero-order valence-corrected chi connectivity index (χ0v) is 13.5. The third-order valence-electron chi connectivity index (χ3n) is 4.05. The van der Waals surface area contributed by atoms with Crippen LogP contribution in [0.15, 0.2) is 27.4 Å². The van der Waals surface area contributed by atoms with E-state index in [1.54, 1.807) is 19.1 Å². The van der Waals surface area contributed by atoms with Crippen LogP contribution < -0.4 is 10.4 Å². The summed E-state index contributed by atoms with van der Waals surface area (Å²) in [5, 5.41) is 0.814. The van der Waals surface area contributed by atoms with Gasteiger partial charge in [-0.15, -0.1) is 0 Å². The number of rotatable bonds is 2. The fraction of sp³-hybridized carbons (Fsp3) is 0.353. The molecule has 0 saturated carbocycles. The topological polar surface area (TPSA) is 86.1 Å². The molecule has 2 aromatic rings. The van der Waals surface area contributed by atoms with Gasteiger partial charge in [0.1, 0.15) is 11.3 Å². The second kappa shape index (κ2) is 6.35. The van der Waals surface area contributed by atoms with Crippen molar-refractivity contribution in [3.05, 3.63) is 39.7 Å². The number of carbonyl (C=O) groups is 2. The van der Waals surface area contributed by atoms with E-state index in [1.165, 1.54) is 12.0 Å². The summed E-state index contributed by atoms with van der Waals surface area (Å²) in [6.45, 7) is 2.14. The monoisotopic (exact) mass is 331 g/mol. The summed E-state index contributed by atoms with van der Waals surface area (Å²) in [6, 6.07) is 5.28. The molecule has 0 fully saturated rings. The molecule has 0 atom stereocenters. The van der Waals surface area contributed by atoms with Gasteiger partial charge in [-0.2, -0.15) is 0 Å². The van der Waals surface area contributed by atoms with E-state index in [4.69, 9.17) is 13.9 Å². The summed E-state index contributed by atoms with van der Waals surface area (Å²) in [5.74, 6) is -1.05. The molecule has 0 spiro atoms. The number of fused-ring (bicyclic) bond motifs is 3. The standard InChI is InChI=1S/C17H17NO6/c1-3-23-17(21)15(19)18-7-6-11-12-5-4-10(22-2)8-14(12)24-16(20)13(11)9-18/h4-5,8H,3,6-7,9H2,1-2H3. The predicted molar refractivity (Wildman–Crippen MR) is 84.8 cm³/mol. The third-order valence-corrected chi connectivity index (χ3v) is 4.05. The van der Waals surface area contributed by atoms with Gasteiger partial charge in [0, 0.05) is 18.0 Å². The van der Waals surface area contributed by atoms with Gasteiger partial charge in [-0.05, 0) is 31.0 Å². The highest BCUT2D eigenvalue weighted by Gasteiger charge is 2.29. The summed E-state index contributed by atoms with van der Waals surface area (Å²) < 4.78 is 15.2. The highest BCUT2D eigenvalue weighted by molar-refractivity contribution is 6.32. The van der Waals surface area contributed by atoms with Gasteiger partial charge in [0.2, 0.25) is 0 Å². The summed E-state index contributed by atoms with van der Waals surface area (Å²) in [4.78, 5) is 37.2. The molecule has 0 aliphatic carbocycles. The quantitative estimate of drug-likeness (QED) is 0.468. The fourth-order valence-electron chi connectivity index (χ4n) is 2.87. The Morgan fingerprint density at radius 1 is 1.29 bits per heavy atom. The number of nitrogens with zero attached hydrogens (tertiary/aromatic N) is 1. The Morgan fingerprint density at radius 3 is 2.79 bits per heavy atom. The Bertz CT molecular complexity index is 869. The molecule has 1 aromatic carbocycles. The maximum Gasteiger partial charge on any atom is 0.397 e. The van der Waals surface area contributed by atoms with E-state index in [9.17, 15) is 14.4 Å². The average Bonchev–Trinajstić information content (AvgIpc) is 2.60. The molecule has 0 N–H and O–H groups in total. The van der Waals surface area contributed by atoms with Crippen LogP contribution in [0.3, 0.4) is 0 Å². The molecule has 7 nitrogen and oxygen atoms in total. The Hall–Kier alpha value is -2.83. The molecule has 1 amide bonds. The lowest BCUT2D eigenvalue weighted by Crippen LogP contribution is -2.42. The first-order valence-corrected chi connectivity index (χ1v) is 7.63. The van der Waals surface area contributed by atoms with Crippen molar-refractivity contribution < 1.29 is 23.5 Å². The Balaban J connectivity index is 1.98. The second-order valence-electron chi connectivity index (χ2n) is 5.41. The number of carbonyl (C=O) groups excluding carboxylic acids is 2. The zero-order valence-electron chi connectivity index (χ0n) is 13.5.